The highest BCUT2D eigenvalue weighted by Crippen LogP contribution is 2.27. The number of carbonyl (C=O) groups excluding carboxylic acids is 2. The Labute approximate surface area is 152 Å². The average Bonchev–Trinajstić information content (AvgIpc) is 2.51. The fraction of sp³-hybridized carbons (Fsp3) is 0.125. The van der Waals surface area contributed by atoms with Gasteiger partial charge in [-0.25, -0.2) is 0 Å². The lowest BCUT2D eigenvalue weighted by Gasteiger charge is -2.15. The van der Waals surface area contributed by atoms with E-state index in [-0.39, 0.29) is 11.8 Å². The molecule has 0 aromatic heterocycles. The van der Waals surface area contributed by atoms with Gasteiger partial charge in [0.05, 0.1) is 11.3 Å². The van der Waals surface area contributed by atoms with E-state index in [2.05, 4.69) is 33.2 Å². The van der Waals surface area contributed by atoms with Crippen molar-refractivity contribution >= 4 is 57.8 Å². The molecule has 0 saturated heterocycles. The molecule has 2 rings (SSSR count). The largest absolute Gasteiger partial charge is 0.367 e. The Kier molecular flexibility index (Phi) is 5.97. The Morgan fingerprint density at radius 3 is 2.61 bits per heavy atom. The summed E-state index contributed by atoms with van der Waals surface area (Å²) in [6.07, 6.45) is -1.33. The summed E-state index contributed by atoms with van der Waals surface area (Å²) in [5.74, 6) is -0.599. The normalized spacial score (nSPS) is 11.7. The van der Waals surface area contributed by atoms with Crippen molar-refractivity contribution in [2.24, 2.45) is 0 Å². The standard InChI is InChI=1S/C16H14ClIN2O3/c1-9-6-11(18)3-5-13(9)19-14-4-2-10(17)7-12(14)16(23)20-15(22)8-21/h2-8,15,19,22H,1H3,(H,20,23). The van der Waals surface area contributed by atoms with E-state index in [0.29, 0.717) is 10.7 Å². The molecule has 1 amide bonds. The molecule has 7 heteroatoms. The number of rotatable bonds is 5. The Morgan fingerprint density at radius 1 is 1.26 bits per heavy atom. The third-order valence-electron chi connectivity index (χ3n) is 3.09. The van der Waals surface area contributed by atoms with Crippen LogP contribution < -0.4 is 10.6 Å². The molecule has 5 nitrogen and oxygen atoms in total. The highest BCUT2D eigenvalue weighted by Gasteiger charge is 2.15. The first-order chi connectivity index (χ1) is 10.9. The van der Waals surface area contributed by atoms with Crippen molar-refractivity contribution in [2.75, 3.05) is 5.32 Å². The van der Waals surface area contributed by atoms with Crippen LogP contribution in [0.2, 0.25) is 5.02 Å². The summed E-state index contributed by atoms with van der Waals surface area (Å²) in [5.41, 5.74) is 2.62. The topological polar surface area (TPSA) is 78.4 Å². The second kappa shape index (κ2) is 7.76. The molecule has 2 aromatic rings. The lowest BCUT2D eigenvalue weighted by molar-refractivity contribution is -0.115. The van der Waals surface area contributed by atoms with Gasteiger partial charge in [0.15, 0.2) is 12.5 Å². The fourth-order valence-corrected chi connectivity index (χ4v) is 2.79. The quantitative estimate of drug-likeness (QED) is 0.376. The van der Waals surface area contributed by atoms with Gasteiger partial charge in [0.25, 0.3) is 5.91 Å². The van der Waals surface area contributed by atoms with Crippen molar-refractivity contribution in [2.45, 2.75) is 13.2 Å². The van der Waals surface area contributed by atoms with Gasteiger partial charge >= 0.3 is 0 Å². The molecule has 0 aliphatic carbocycles. The minimum atomic E-state index is -1.56. The number of amides is 1. The number of benzene rings is 2. The minimum absolute atomic E-state index is 0.233. The summed E-state index contributed by atoms with van der Waals surface area (Å²) in [4.78, 5) is 22.7. The van der Waals surface area contributed by atoms with E-state index in [1.807, 2.05) is 25.1 Å². The van der Waals surface area contributed by atoms with Crippen LogP contribution >= 0.6 is 34.2 Å². The van der Waals surface area contributed by atoms with Gasteiger partial charge in [-0.3, -0.25) is 9.59 Å². The van der Waals surface area contributed by atoms with Gasteiger partial charge < -0.3 is 15.7 Å². The maximum absolute atomic E-state index is 12.2. The summed E-state index contributed by atoms with van der Waals surface area (Å²) in [7, 11) is 0. The lowest BCUT2D eigenvalue weighted by atomic mass is 10.1. The molecule has 0 saturated carbocycles. The van der Waals surface area contributed by atoms with Crippen molar-refractivity contribution < 1.29 is 14.7 Å². The van der Waals surface area contributed by atoms with E-state index in [9.17, 15) is 14.7 Å². The molecule has 0 aliphatic rings. The Morgan fingerprint density at radius 2 is 1.96 bits per heavy atom. The molecule has 1 unspecified atom stereocenters. The number of hydrogen-bond donors (Lipinski definition) is 3. The molecule has 0 spiro atoms. The van der Waals surface area contributed by atoms with E-state index in [1.165, 1.54) is 6.07 Å². The van der Waals surface area contributed by atoms with Crippen LogP contribution in [0.4, 0.5) is 11.4 Å². The molecule has 1 atom stereocenters. The summed E-state index contributed by atoms with van der Waals surface area (Å²) in [6, 6.07) is 10.7. The van der Waals surface area contributed by atoms with Gasteiger partial charge in [-0.2, -0.15) is 0 Å². The molecule has 0 heterocycles. The van der Waals surface area contributed by atoms with Crippen molar-refractivity contribution in [1.29, 1.82) is 0 Å². The van der Waals surface area contributed by atoms with Crippen LogP contribution in [0.5, 0.6) is 0 Å². The minimum Gasteiger partial charge on any atom is -0.367 e. The first-order valence-corrected chi connectivity index (χ1v) is 8.13. The predicted octanol–water partition coefficient (Wildman–Crippen LogP) is 3.24. The third-order valence-corrected chi connectivity index (χ3v) is 4.00. The van der Waals surface area contributed by atoms with Gasteiger partial charge in [-0.1, -0.05) is 11.6 Å². The van der Waals surface area contributed by atoms with Gasteiger partial charge in [-0.05, 0) is 71.5 Å². The second-order valence-electron chi connectivity index (χ2n) is 4.83. The van der Waals surface area contributed by atoms with E-state index in [0.717, 1.165) is 14.8 Å². The number of anilines is 2. The zero-order valence-electron chi connectivity index (χ0n) is 12.1. The molecule has 2 aromatic carbocycles. The monoisotopic (exact) mass is 444 g/mol. The fourth-order valence-electron chi connectivity index (χ4n) is 1.97. The molecular formula is C16H14ClIN2O3. The van der Waals surface area contributed by atoms with Crippen LogP contribution in [0.1, 0.15) is 15.9 Å². The maximum Gasteiger partial charge on any atom is 0.255 e. The predicted molar refractivity (Wildman–Crippen MR) is 98.2 cm³/mol. The summed E-state index contributed by atoms with van der Waals surface area (Å²) >= 11 is 8.17. The third kappa shape index (κ3) is 4.66. The van der Waals surface area contributed by atoms with Crippen LogP contribution in [-0.2, 0) is 4.79 Å². The van der Waals surface area contributed by atoms with Crippen molar-refractivity contribution in [1.82, 2.24) is 5.32 Å². The Bertz CT molecular complexity index is 752. The highest BCUT2D eigenvalue weighted by atomic mass is 127. The van der Waals surface area contributed by atoms with Crippen molar-refractivity contribution in [3.05, 3.63) is 56.1 Å². The van der Waals surface area contributed by atoms with Gasteiger partial charge in [0.1, 0.15) is 0 Å². The zero-order valence-corrected chi connectivity index (χ0v) is 15.1. The van der Waals surface area contributed by atoms with Crippen LogP contribution in [0, 0.1) is 10.5 Å². The van der Waals surface area contributed by atoms with Gasteiger partial charge in [0.2, 0.25) is 0 Å². The molecule has 3 N–H and O–H groups in total. The number of aliphatic hydroxyl groups excluding tert-OH is 1. The number of halogens is 2. The molecule has 0 aliphatic heterocycles. The number of nitrogens with one attached hydrogen (secondary N) is 2. The molecule has 0 bridgehead atoms. The average molecular weight is 445 g/mol. The number of hydrogen-bond acceptors (Lipinski definition) is 4. The van der Waals surface area contributed by atoms with E-state index >= 15 is 0 Å². The van der Waals surface area contributed by atoms with Crippen LogP contribution in [0.25, 0.3) is 0 Å². The van der Waals surface area contributed by atoms with Gasteiger partial charge in [-0.15, -0.1) is 0 Å². The molecule has 23 heavy (non-hydrogen) atoms. The molecule has 0 fully saturated rings. The highest BCUT2D eigenvalue weighted by molar-refractivity contribution is 14.1. The van der Waals surface area contributed by atoms with E-state index in [4.69, 9.17) is 11.6 Å². The first kappa shape index (κ1) is 17.7. The maximum atomic E-state index is 12.2. The summed E-state index contributed by atoms with van der Waals surface area (Å²) in [6.45, 7) is 1.95. The number of carbonyl (C=O) groups is 2. The van der Waals surface area contributed by atoms with E-state index < -0.39 is 12.1 Å². The molecule has 120 valence electrons. The summed E-state index contributed by atoms with van der Waals surface area (Å²) in [5, 5.41) is 15.0. The van der Waals surface area contributed by atoms with E-state index in [1.54, 1.807) is 12.1 Å². The van der Waals surface area contributed by atoms with Crippen molar-refractivity contribution in [3.63, 3.8) is 0 Å². The Balaban J connectivity index is 2.35. The van der Waals surface area contributed by atoms with Crippen LogP contribution in [-0.4, -0.2) is 23.5 Å². The molecule has 0 radical (unpaired) electrons. The number of aliphatic hydroxyl groups is 1. The summed E-state index contributed by atoms with van der Waals surface area (Å²) < 4.78 is 1.11. The zero-order chi connectivity index (χ0) is 17.0. The van der Waals surface area contributed by atoms with Crippen molar-refractivity contribution in [3.8, 4) is 0 Å². The van der Waals surface area contributed by atoms with Gasteiger partial charge in [0, 0.05) is 14.3 Å². The second-order valence-corrected chi connectivity index (χ2v) is 6.51. The first-order valence-electron chi connectivity index (χ1n) is 6.67. The lowest BCUT2D eigenvalue weighted by Crippen LogP contribution is -2.35. The SMILES string of the molecule is Cc1cc(I)ccc1Nc1ccc(Cl)cc1C(=O)NC(O)C=O. The van der Waals surface area contributed by atoms with Crippen LogP contribution in [0.3, 0.4) is 0 Å². The number of aldehydes is 1. The smallest absolute Gasteiger partial charge is 0.255 e. The number of aryl methyl sites for hydroxylation is 1. The van der Waals surface area contributed by atoms with Crippen LogP contribution in [0.15, 0.2) is 36.4 Å². The Hall–Kier alpha value is -1.64. The molecular weight excluding hydrogens is 431 g/mol.